The number of nitrogens with one attached hydrogen (secondary N) is 7. The zero-order valence-corrected chi connectivity index (χ0v) is 40.3. The van der Waals surface area contributed by atoms with Gasteiger partial charge in [-0.2, -0.15) is 0 Å². The van der Waals surface area contributed by atoms with E-state index in [9.17, 15) is 43.2 Å². The summed E-state index contributed by atoms with van der Waals surface area (Å²) >= 11 is 0. The highest BCUT2D eigenvalue weighted by Crippen LogP contribution is 2.20. The fourth-order valence-electron chi connectivity index (χ4n) is 7.43. The number of hydrogen-bond acceptors (Lipinski definition) is 9. The van der Waals surface area contributed by atoms with E-state index in [1.54, 1.807) is 54.6 Å². The van der Waals surface area contributed by atoms with Gasteiger partial charge in [0.15, 0.2) is 11.6 Å². The molecule has 4 atom stereocenters. The van der Waals surface area contributed by atoms with E-state index in [0.717, 1.165) is 10.8 Å². The number of amides is 7. The summed E-state index contributed by atoms with van der Waals surface area (Å²) in [7, 11) is 0. The van der Waals surface area contributed by atoms with E-state index in [0.29, 0.717) is 22.3 Å². The van der Waals surface area contributed by atoms with Crippen molar-refractivity contribution in [2.24, 2.45) is 5.92 Å². The molecule has 16 heteroatoms. The molecule has 0 radical (unpaired) electrons. The van der Waals surface area contributed by atoms with Crippen LogP contribution in [0.15, 0.2) is 97.1 Å². The van der Waals surface area contributed by atoms with Crippen LogP contribution in [0, 0.1) is 5.92 Å². The first-order valence-corrected chi connectivity index (χ1v) is 22.6. The lowest BCUT2D eigenvalue weighted by molar-refractivity contribution is -0.140. The van der Waals surface area contributed by atoms with Gasteiger partial charge in [-0.1, -0.05) is 111 Å². The summed E-state index contributed by atoms with van der Waals surface area (Å²) in [6.45, 7) is 14.4. The summed E-state index contributed by atoms with van der Waals surface area (Å²) in [6.07, 6.45) is -0.459. The Morgan fingerprint density at radius 1 is 0.478 bits per heavy atom. The first-order valence-electron chi connectivity index (χ1n) is 22.6. The number of fused-ring (bicyclic) bond motifs is 1. The van der Waals surface area contributed by atoms with Crippen LogP contribution >= 0.6 is 0 Å². The molecule has 1 fully saturated rings. The van der Waals surface area contributed by atoms with Gasteiger partial charge in [-0.3, -0.25) is 43.2 Å². The molecule has 1 heterocycles. The molecule has 0 aromatic heterocycles. The van der Waals surface area contributed by atoms with Crippen LogP contribution in [0.3, 0.4) is 0 Å². The Morgan fingerprint density at radius 3 is 1.45 bits per heavy atom. The van der Waals surface area contributed by atoms with Gasteiger partial charge in [-0.05, 0) is 84.2 Å². The summed E-state index contributed by atoms with van der Waals surface area (Å²) in [5, 5.41) is 20.7. The molecule has 1 saturated heterocycles. The Labute approximate surface area is 404 Å². The van der Waals surface area contributed by atoms with E-state index >= 15 is 0 Å². The third-order valence-electron chi connectivity index (χ3n) is 12.0. The second-order valence-corrected chi connectivity index (χ2v) is 19.7. The molecular weight excluding hydrogens is 879 g/mol. The normalized spacial score (nSPS) is 22.7. The lowest BCUT2D eigenvalue weighted by Crippen LogP contribution is -2.65. The number of Topliss-reactive ketones (excluding diaryl/α,β-unsaturated/α-hetero) is 1. The smallest absolute Gasteiger partial charge is 0.245 e. The van der Waals surface area contributed by atoms with Crippen LogP contribution in [-0.4, -0.2) is 93.2 Å². The molecule has 1 aliphatic rings. The van der Waals surface area contributed by atoms with Crippen LogP contribution < -0.4 is 37.2 Å². The maximum atomic E-state index is 14.2. The SMILES string of the molecule is C.CC1CC(=O)C(C)(C)NC(=O)C(Cc2ccc(C(=O)c3ccccc3)cc2)NC(=O)C(C)(C)NC(=O)C(C)NC(=O)C(C)(C)NC(=O)C(Cc2ccc3ccccc3c2)NC(=O)C(C)(C)NC1=O. The van der Waals surface area contributed by atoms with Crippen molar-refractivity contribution in [2.45, 2.75) is 136 Å². The van der Waals surface area contributed by atoms with Gasteiger partial charge in [0.1, 0.15) is 34.7 Å². The number of benzene rings is 4. The Hall–Kier alpha value is -7.23. The van der Waals surface area contributed by atoms with Crippen LogP contribution in [0.1, 0.15) is 110 Å². The van der Waals surface area contributed by atoms with Gasteiger partial charge in [0.25, 0.3) is 0 Å². The van der Waals surface area contributed by atoms with Crippen LogP contribution in [0.5, 0.6) is 0 Å². The zero-order valence-electron chi connectivity index (χ0n) is 40.3. The van der Waals surface area contributed by atoms with E-state index < -0.39 is 93.3 Å². The Morgan fingerprint density at radius 2 is 0.899 bits per heavy atom. The van der Waals surface area contributed by atoms with E-state index in [1.165, 1.54) is 69.2 Å². The molecule has 7 amide bonds. The number of ketones is 2. The average Bonchev–Trinajstić information content (AvgIpc) is 3.27. The number of carbonyl (C=O) groups excluding carboxylic acids is 9. The van der Waals surface area contributed by atoms with Crippen molar-refractivity contribution in [2.75, 3.05) is 0 Å². The van der Waals surface area contributed by atoms with E-state index in [1.807, 2.05) is 42.5 Å². The molecule has 368 valence electrons. The van der Waals surface area contributed by atoms with Gasteiger partial charge in [-0.25, -0.2) is 0 Å². The molecule has 69 heavy (non-hydrogen) atoms. The fourth-order valence-corrected chi connectivity index (χ4v) is 7.43. The van der Waals surface area contributed by atoms with Crippen molar-refractivity contribution in [3.8, 4) is 0 Å². The predicted molar refractivity (Wildman–Crippen MR) is 264 cm³/mol. The van der Waals surface area contributed by atoms with Gasteiger partial charge < -0.3 is 37.2 Å². The zero-order chi connectivity index (χ0) is 50.4. The van der Waals surface area contributed by atoms with E-state index in [2.05, 4.69) is 37.2 Å². The minimum Gasteiger partial charge on any atom is -0.343 e. The molecule has 0 aliphatic carbocycles. The maximum absolute atomic E-state index is 14.2. The molecule has 5 rings (SSSR count). The van der Waals surface area contributed by atoms with Crippen molar-refractivity contribution >= 4 is 63.7 Å². The van der Waals surface area contributed by atoms with Gasteiger partial charge in [0.2, 0.25) is 41.4 Å². The topological polar surface area (TPSA) is 238 Å². The molecule has 4 aromatic carbocycles. The first-order chi connectivity index (χ1) is 31.7. The monoisotopic (exact) mass is 946 g/mol. The minimum absolute atomic E-state index is 0. The van der Waals surface area contributed by atoms with Crippen LogP contribution in [0.2, 0.25) is 0 Å². The molecule has 4 aromatic rings. The third kappa shape index (κ3) is 13.9. The lowest BCUT2D eigenvalue weighted by atomic mass is 9.89. The Balaban J connectivity index is 0.0000104. The number of rotatable bonds is 6. The highest BCUT2D eigenvalue weighted by atomic mass is 16.2. The quantitative estimate of drug-likeness (QED) is 0.137. The Bertz CT molecular complexity index is 2600. The highest BCUT2D eigenvalue weighted by molar-refractivity contribution is 6.09. The number of carbonyl (C=O) groups is 9. The molecule has 0 spiro atoms. The highest BCUT2D eigenvalue weighted by Gasteiger charge is 2.41. The summed E-state index contributed by atoms with van der Waals surface area (Å²) < 4.78 is 0. The van der Waals surface area contributed by atoms with Crippen molar-refractivity contribution < 1.29 is 43.2 Å². The Kier molecular flexibility index (Phi) is 17.2. The molecule has 1 aliphatic heterocycles. The van der Waals surface area contributed by atoms with Gasteiger partial charge in [0.05, 0.1) is 5.54 Å². The molecular formula is C53H67N7O9. The lowest BCUT2D eigenvalue weighted by Gasteiger charge is -2.33. The first kappa shape index (κ1) is 54.4. The number of hydrogen-bond donors (Lipinski definition) is 7. The molecule has 4 unspecified atom stereocenters. The standard InChI is InChI=1S/C52H63N7O9.CH4/c1-30-26-40(60)49(3,4)58-44(64)38(28-32-20-24-36(25-21-32)41(61)35-17-12-11-13-18-35)54-48(68)52(9,10)57-43(63)31(2)53-46(66)50(5,6)59-45(65)39(55-47(67)51(7,8)56-42(30)62)29-33-22-23-34-16-14-15-19-37(34)27-33;/h11-25,27,30-31,38-39H,26,28-29H2,1-10H3,(H,53,66)(H,54,68)(H,55,67)(H,56,62)(H,57,63)(H,58,64)(H,59,65);1H4. The molecule has 16 nitrogen and oxygen atoms in total. The van der Waals surface area contributed by atoms with Crippen molar-refractivity contribution in [1.82, 2.24) is 37.2 Å². The van der Waals surface area contributed by atoms with Crippen molar-refractivity contribution in [3.63, 3.8) is 0 Å². The minimum atomic E-state index is -1.67. The van der Waals surface area contributed by atoms with Gasteiger partial charge in [-0.15, -0.1) is 0 Å². The molecule has 7 N–H and O–H groups in total. The average molecular weight is 946 g/mol. The summed E-state index contributed by atoms with van der Waals surface area (Å²) in [5.74, 6) is -6.90. The van der Waals surface area contributed by atoms with Crippen LogP contribution in [-0.2, 0) is 51.2 Å². The second-order valence-electron chi connectivity index (χ2n) is 19.7. The molecule has 0 saturated carbocycles. The van der Waals surface area contributed by atoms with E-state index in [4.69, 9.17) is 0 Å². The van der Waals surface area contributed by atoms with E-state index in [-0.39, 0.29) is 32.5 Å². The van der Waals surface area contributed by atoms with Crippen molar-refractivity contribution in [1.29, 1.82) is 0 Å². The van der Waals surface area contributed by atoms with Gasteiger partial charge >= 0.3 is 0 Å². The largest absolute Gasteiger partial charge is 0.343 e. The van der Waals surface area contributed by atoms with Crippen LogP contribution in [0.4, 0.5) is 0 Å². The maximum Gasteiger partial charge on any atom is 0.245 e. The van der Waals surface area contributed by atoms with Crippen LogP contribution in [0.25, 0.3) is 10.8 Å². The summed E-state index contributed by atoms with van der Waals surface area (Å²) in [6, 6.07) is 24.6. The molecule has 0 bridgehead atoms. The fraction of sp³-hybridized carbons (Fsp3) is 0.415. The second kappa shape index (κ2) is 21.8. The summed E-state index contributed by atoms with van der Waals surface area (Å²) in [5.41, 5.74) is -4.38. The summed E-state index contributed by atoms with van der Waals surface area (Å²) in [4.78, 5) is 124. The van der Waals surface area contributed by atoms with Crippen molar-refractivity contribution in [3.05, 3.63) is 119 Å². The predicted octanol–water partition coefficient (Wildman–Crippen LogP) is 4.15. The third-order valence-corrected chi connectivity index (χ3v) is 12.0. The van der Waals surface area contributed by atoms with Gasteiger partial charge in [0, 0.05) is 36.3 Å².